The van der Waals surface area contributed by atoms with E-state index in [-0.39, 0.29) is 16.9 Å². The highest BCUT2D eigenvalue weighted by Crippen LogP contribution is 2.41. The Morgan fingerprint density at radius 2 is 1.91 bits per heavy atom. The van der Waals surface area contributed by atoms with Crippen LogP contribution in [0.3, 0.4) is 0 Å². The van der Waals surface area contributed by atoms with Crippen LogP contribution in [-0.4, -0.2) is 20.6 Å². The van der Waals surface area contributed by atoms with Crippen LogP contribution in [0.5, 0.6) is 0 Å². The molecule has 0 saturated heterocycles. The second-order valence-corrected chi connectivity index (χ2v) is 8.16. The Morgan fingerprint density at radius 3 is 2.62 bits per heavy atom. The fourth-order valence-electron chi connectivity index (χ4n) is 3.82. The zero-order chi connectivity index (χ0) is 23.8. The van der Waals surface area contributed by atoms with Crippen molar-refractivity contribution in [3.05, 3.63) is 107 Å². The van der Waals surface area contributed by atoms with E-state index < -0.39 is 17.5 Å². The first-order valence-corrected chi connectivity index (χ1v) is 10.7. The molecular weight excluding hydrogens is 436 g/mol. The number of allylic oxidation sites excluding steroid dienone is 3. The SMILES string of the molecule is N#Cc1ccc(-c2cc(C(=O)N3C=CC=CC(N)=C3)nn2-c2ccc(C3CC3)cc2F)cc1F. The summed E-state index contributed by atoms with van der Waals surface area (Å²) < 4.78 is 30.9. The number of hydrogen-bond donors (Lipinski definition) is 1. The topological polar surface area (TPSA) is 87.9 Å². The molecule has 34 heavy (non-hydrogen) atoms. The van der Waals surface area contributed by atoms with Gasteiger partial charge in [-0.15, -0.1) is 0 Å². The van der Waals surface area contributed by atoms with Crippen molar-refractivity contribution in [2.45, 2.75) is 18.8 Å². The van der Waals surface area contributed by atoms with Crippen LogP contribution in [0.4, 0.5) is 8.78 Å². The summed E-state index contributed by atoms with van der Waals surface area (Å²) in [5.41, 5.74) is 7.83. The van der Waals surface area contributed by atoms with Crippen LogP contribution >= 0.6 is 0 Å². The number of carbonyl (C=O) groups excluding carboxylic acids is 1. The molecule has 1 aliphatic carbocycles. The fraction of sp³-hybridized carbons (Fsp3) is 0.115. The summed E-state index contributed by atoms with van der Waals surface area (Å²) in [6.07, 6.45) is 10.0. The number of nitrogens with two attached hydrogens (primary N) is 1. The molecule has 0 atom stereocenters. The van der Waals surface area contributed by atoms with Gasteiger partial charge >= 0.3 is 0 Å². The molecule has 0 radical (unpaired) electrons. The molecule has 0 bridgehead atoms. The number of nitrogens with zero attached hydrogens (tertiary/aromatic N) is 4. The fourth-order valence-corrected chi connectivity index (χ4v) is 3.82. The quantitative estimate of drug-likeness (QED) is 0.607. The van der Waals surface area contributed by atoms with Crippen molar-refractivity contribution in [3.63, 3.8) is 0 Å². The Balaban J connectivity index is 1.63. The molecule has 2 aromatic carbocycles. The van der Waals surface area contributed by atoms with Gasteiger partial charge in [0, 0.05) is 23.7 Å². The Morgan fingerprint density at radius 1 is 1.09 bits per heavy atom. The average Bonchev–Trinajstić information content (AvgIpc) is 3.62. The van der Waals surface area contributed by atoms with Gasteiger partial charge < -0.3 is 5.73 Å². The van der Waals surface area contributed by atoms with Gasteiger partial charge in [0.2, 0.25) is 0 Å². The van der Waals surface area contributed by atoms with Crippen LogP contribution in [-0.2, 0) is 0 Å². The molecule has 2 N–H and O–H groups in total. The highest BCUT2D eigenvalue weighted by Gasteiger charge is 2.26. The van der Waals surface area contributed by atoms with Crippen molar-refractivity contribution in [2.24, 2.45) is 5.73 Å². The minimum atomic E-state index is -0.720. The molecule has 3 aromatic rings. The Bertz CT molecular complexity index is 1440. The molecule has 8 heteroatoms. The van der Waals surface area contributed by atoms with Gasteiger partial charge in [-0.1, -0.05) is 18.2 Å². The molecular formula is C26H19F2N5O. The maximum absolute atomic E-state index is 15.2. The molecule has 168 valence electrons. The predicted molar refractivity (Wildman–Crippen MR) is 122 cm³/mol. The maximum atomic E-state index is 15.2. The van der Waals surface area contributed by atoms with E-state index in [9.17, 15) is 9.18 Å². The first-order valence-electron chi connectivity index (χ1n) is 10.7. The van der Waals surface area contributed by atoms with E-state index in [1.165, 1.54) is 52.3 Å². The van der Waals surface area contributed by atoms with E-state index in [0.29, 0.717) is 22.9 Å². The van der Waals surface area contributed by atoms with Gasteiger partial charge in [0.25, 0.3) is 5.91 Å². The summed E-state index contributed by atoms with van der Waals surface area (Å²) in [7, 11) is 0. The highest BCUT2D eigenvalue weighted by molar-refractivity contribution is 5.95. The Kier molecular flexibility index (Phi) is 5.30. The van der Waals surface area contributed by atoms with Crippen LogP contribution in [0, 0.1) is 23.0 Å². The summed E-state index contributed by atoms with van der Waals surface area (Å²) in [5, 5.41) is 13.4. The number of hydrogen-bond acceptors (Lipinski definition) is 4. The lowest BCUT2D eigenvalue weighted by Crippen LogP contribution is -2.22. The van der Waals surface area contributed by atoms with E-state index in [1.807, 2.05) is 6.07 Å². The van der Waals surface area contributed by atoms with Gasteiger partial charge in [0.1, 0.15) is 23.4 Å². The molecule has 6 nitrogen and oxygen atoms in total. The third kappa shape index (κ3) is 3.99. The molecule has 1 saturated carbocycles. The van der Waals surface area contributed by atoms with Crippen LogP contribution in [0.1, 0.15) is 40.4 Å². The lowest BCUT2D eigenvalue weighted by molar-refractivity contribution is 0.0863. The highest BCUT2D eigenvalue weighted by atomic mass is 19.1. The summed E-state index contributed by atoms with van der Waals surface area (Å²) in [6.45, 7) is 0. The number of halogens is 2. The van der Waals surface area contributed by atoms with Gasteiger partial charge in [-0.25, -0.2) is 13.5 Å². The molecule has 0 unspecified atom stereocenters. The lowest BCUT2D eigenvalue weighted by atomic mass is 10.1. The van der Waals surface area contributed by atoms with E-state index in [2.05, 4.69) is 5.10 Å². The van der Waals surface area contributed by atoms with Crippen molar-refractivity contribution in [1.29, 1.82) is 5.26 Å². The van der Waals surface area contributed by atoms with Gasteiger partial charge in [0.15, 0.2) is 5.69 Å². The minimum absolute atomic E-state index is 0.0148. The molecule has 2 heterocycles. The van der Waals surface area contributed by atoms with Gasteiger partial charge in [0.05, 0.1) is 11.3 Å². The van der Waals surface area contributed by atoms with Gasteiger partial charge in [-0.2, -0.15) is 10.4 Å². The zero-order valence-corrected chi connectivity index (χ0v) is 18.0. The molecule has 1 fully saturated rings. The largest absolute Gasteiger partial charge is 0.398 e. The number of benzene rings is 2. The van der Waals surface area contributed by atoms with E-state index in [0.717, 1.165) is 18.4 Å². The first-order chi connectivity index (χ1) is 16.4. The monoisotopic (exact) mass is 455 g/mol. The maximum Gasteiger partial charge on any atom is 0.282 e. The van der Waals surface area contributed by atoms with Crippen molar-refractivity contribution >= 4 is 5.91 Å². The van der Waals surface area contributed by atoms with Crippen LogP contribution in [0.25, 0.3) is 16.9 Å². The summed E-state index contributed by atoms with van der Waals surface area (Å²) in [6, 6.07) is 12.2. The zero-order valence-electron chi connectivity index (χ0n) is 18.0. The summed E-state index contributed by atoms with van der Waals surface area (Å²) in [4.78, 5) is 14.5. The van der Waals surface area contributed by atoms with Gasteiger partial charge in [-0.05, 0) is 66.8 Å². The average molecular weight is 455 g/mol. The second kappa shape index (κ2) is 8.45. The third-order valence-corrected chi connectivity index (χ3v) is 5.73. The van der Waals surface area contributed by atoms with Crippen molar-refractivity contribution < 1.29 is 13.6 Å². The van der Waals surface area contributed by atoms with Crippen molar-refractivity contribution in [1.82, 2.24) is 14.7 Å². The molecule has 2 aliphatic rings. The van der Waals surface area contributed by atoms with E-state index >= 15 is 4.39 Å². The smallest absolute Gasteiger partial charge is 0.282 e. The first kappa shape index (κ1) is 21.3. The Labute approximate surface area is 194 Å². The molecule has 1 aromatic heterocycles. The number of aromatic nitrogens is 2. The summed E-state index contributed by atoms with van der Waals surface area (Å²) in [5.74, 6) is -1.34. The van der Waals surface area contributed by atoms with E-state index in [4.69, 9.17) is 11.0 Å². The Hall–Kier alpha value is -4.51. The summed E-state index contributed by atoms with van der Waals surface area (Å²) >= 11 is 0. The van der Waals surface area contributed by atoms with E-state index in [1.54, 1.807) is 30.4 Å². The van der Waals surface area contributed by atoms with Gasteiger partial charge in [-0.3, -0.25) is 9.69 Å². The van der Waals surface area contributed by atoms with Crippen LogP contribution in [0.15, 0.2) is 78.8 Å². The number of nitriles is 1. The van der Waals surface area contributed by atoms with Crippen molar-refractivity contribution in [3.8, 4) is 23.0 Å². The molecule has 0 spiro atoms. The van der Waals surface area contributed by atoms with Crippen molar-refractivity contribution in [2.75, 3.05) is 0 Å². The molecule has 5 rings (SSSR count). The van der Waals surface area contributed by atoms with Crippen LogP contribution in [0.2, 0.25) is 0 Å². The molecule has 1 amide bonds. The number of amides is 1. The minimum Gasteiger partial charge on any atom is -0.398 e. The predicted octanol–water partition coefficient (Wildman–Crippen LogP) is 4.89. The molecule has 1 aliphatic heterocycles. The van der Waals surface area contributed by atoms with Crippen LogP contribution < -0.4 is 5.73 Å². The second-order valence-electron chi connectivity index (χ2n) is 8.16. The number of carbonyl (C=O) groups is 1. The number of rotatable bonds is 4. The lowest BCUT2D eigenvalue weighted by Gasteiger charge is -2.12. The standard InChI is InChI=1S/C26H19F2N5O/c27-21-12-18(6-7-19(21)14-29)25-13-23(26(34)32-10-2-1-3-20(30)15-32)31-33(25)24-9-8-17(11-22(24)28)16-4-5-16/h1-3,6-13,15-16H,4-5,30H2. The third-order valence-electron chi connectivity index (χ3n) is 5.73. The normalized spacial score (nSPS) is 15.1.